The van der Waals surface area contributed by atoms with Crippen molar-refractivity contribution >= 4 is 19.8 Å². The van der Waals surface area contributed by atoms with Gasteiger partial charge < -0.3 is 43.2 Å². The molecule has 0 aromatic rings. The fourth-order valence-corrected chi connectivity index (χ4v) is 7.10. The monoisotopic (exact) mass is 878 g/mol. The highest BCUT2D eigenvalue weighted by atomic mass is 31.2. The second-order valence-corrected chi connectivity index (χ2v) is 18.1. The number of carbonyl (C=O) groups is 2. The molecule has 0 radical (unpaired) electrons. The summed E-state index contributed by atoms with van der Waals surface area (Å²) in [4.78, 5) is 37.8. The van der Waals surface area contributed by atoms with Crippen LogP contribution in [0.25, 0.3) is 0 Å². The van der Waals surface area contributed by atoms with Gasteiger partial charge in [-0.1, -0.05) is 131 Å². The van der Waals surface area contributed by atoms with Gasteiger partial charge in [-0.2, -0.15) is 0 Å². The molecule has 0 bridgehead atoms. The van der Waals surface area contributed by atoms with Crippen LogP contribution in [0, 0.1) is 11.8 Å². The van der Waals surface area contributed by atoms with Crippen LogP contribution in [0.2, 0.25) is 0 Å². The minimum atomic E-state index is -4.73. The molecular formula is C48H80NO11P. The third-order valence-electron chi connectivity index (χ3n) is 10.0. The van der Waals surface area contributed by atoms with Gasteiger partial charge in [-0.15, -0.1) is 0 Å². The number of nitrogens with zero attached hydrogens (tertiary/aromatic N) is 1. The zero-order valence-corrected chi connectivity index (χ0v) is 38.8. The van der Waals surface area contributed by atoms with Crippen molar-refractivity contribution in [2.75, 3.05) is 47.5 Å². The smallest absolute Gasteiger partial charge is 0.309 e. The van der Waals surface area contributed by atoms with Crippen LogP contribution in [-0.2, 0) is 32.7 Å². The molecule has 7 atom stereocenters. The molecule has 61 heavy (non-hydrogen) atoms. The number of phosphoric acid groups is 1. The van der Waals surface area contributed by atoms with Crippen LogP contribution in [0.1, 0.15) is 123 Å². The van der Waals surface area contributed by atoms with E-state index in [1.165, 1.54) is 19.3 Å². The van der Waals surface area contributed by atoms with E-state index in [4.69, 9.17) is 18.5 Å². The van der Waals surface area contributed by atoms with Crippen LogP contribution in [0.15, 0.2) is 85.1 Å². The quantitative estimate of drug-likeness (QED) is 0.0183. The standard InChI is InChI=1S/C48H80NO11P/c1-6-8-10-11-12-13-14-15-16-17-18-19-20-21-22-23-24-25-27-33-48(54)60-42(40-59-61(55,56)58-37-36-49(3,4)5)39-57-47(53)32-29-28-31-43-44(46(52)38-45(43)51)35-34-41(50)30-26-9-7-2/h12-13,15-16,18-19,21-22,24-25,28-29,34-35,41-46,50-52H,6-11,14,17,20,23,26-27,30-33,36-40H2,1-5H3/b13-12-,16-15-,19-18-,22-21-,25-24-,29-28-,35-34+/t41-,42-,43+,44-,45+,46-/m1/s1. The number of hydrogen-bond donors (Lipinski definition) is 3. The summed E-state index contributed by atoms with van der Waals surface area (Å²) in [5, 5.41) is 31.4. The Bertz CT molecular complexity index is 1430. The fraction of sp³-hybridized carbons (Fsp3) is 0.667. The van der Waals surface area contributed by atoms with E-state index in [-0.39, 0.29) is 37.7 Å². The molecule has 12 nitrogen and oxygen atoms in total. The van der Waals surface area contributed by atoms with E-state index in [2.05, 4.69) is 62.5 Å². The molecule has 0 spiro atoms. The average molecular weight is 878 g/mol. The maximum Gasteiger partial charge on any atom is 0.309 e. The summed E-state index contributed by atoms with van der Waals surface area (Å²) in [6, 6.07) is 0. The predicted molar refractivity (Wildman–Crippen MR) is 242 cm³/mol. The van der Waals surface area contributed by atoms with Crippen molar-refractivity contribution in [3.05, 3.63) is 85.1 Å². The molecule has 1 unspecified atom stereocenters. The maximum atomic E-state index is 12.7. The number of phosphoric ester groups is 1. The zero-order valence-electron chi connectivity index (χ0n) is 37.9. The van der Waals surface area contributed by atoms with Crippen LogP contribution in [0.4, 0.5) is 0 Å². The Labute approximate surface area is 368 Å². The minimum absolute atomic E-state index is 0.0308. The number of likely N-dealkylation sites (N-methyl/N-ethyl adjacent to an activating group) is 1. The van der Waals surface area contributed by atoms with Gasteiger partial charge >= 0.3 is 11.9 Å². The van der Waals surface area contributed by atoms with E-state index in [9.17, 15) is 34.4 Å². The fourth-order valence-electron chi connectivity index (χ4n) is 6.37. The Morgan fingerprint density at radius 3 is 1.95 bits per heavy atom. The lowest BCUT2D eigenvalue weighted by Gasteiger charge is -2.28. The molecule has 0 amide bonds. The molecule has 0 saturated heterocycles. The lowest BCUT2D eigenvalue weighted by Crippen LogP contribution is -2.37. The van der Waals surface area contributed by atoms with Crippen molar-refractivity contribution in [3.63, 3.8) is 0 Å². The van der Waals surface area contributed by atoms with Gasteiger partial charge in [0.05, 0.1) is 52.5 Å². The molecule has 348 valence electrons. The van der Waals surface area contributed by atoms with E-state index < -0.39 is 57.4 Å². The van der Waals surface area contributed by atoms with Crippen LogP contribution < -0.4 is 4.89 Å². The summed E-state index contributed by atoms with van der Waals surface area (Å²) >= 11 is 0. The van der Waals surface area contributed by atoms with E-state index in [0.717, 1.165) is 44.9 Å². The zero-order chi connectivity index (χ0) is 45.2. The molecule has 1 fully saturated rings. The van der Waals surface area contributed by atoms with Crippen LogP contribution in [-0.4, -0.2) is 104 Å². The molecule has 0 aliphatic heterocycles. The maximum absolute atomic E-state index is 12.7. The number of aliphatic hydroxyl groups excluding tert-OH is 3. The summed E-state index contributed by atoms with van der Waals surface area (Å²) in [5.74, 6) is -1.87. The number of rotatable bonds is 35. The Hall–Kier alpha value is -2.93. The number of allylic oxidation sites excluding steroid dienone is 11. The van der Waals surface area contributed by atoms with Gasteiger partial charge in [-0.3, -0.25) is 14.2 Å². The molecule has 13 heteroatoms. The van der Waals surface area contributed by atoms with Gasteiger partial charge in [-0.25, -0.2) is 0 Å². The lowest BCUT2D eigenvalue weighted by molar-refractivity contribution is -0.870. The third kappa shape index (κ3) is 31.5. The molecule has 3 N–H and O–H groups in total. The van der Waals surface area contributed by atoms with Crippen LogP contribution in [0.3, 0.4) is 0 Å². The van der Waals surface area contributed by atoms with E-state index in [1.54, 1.807) is 24.3 Å². The minimum Gasteiger partial charge on any atom is -0.756 e. The number of esters is 2. The van der Waals surface area contributed by atoms with Gasteiger partial charge in [0.15, 0.2) is 6.10 Å². The van der Waals surface area contributed by atoms with Crippen LogP contribution >= 0.6 is 7.82 Å². The Balaban J connectivity index is 2.60. The first-order valence-corrected chi connectivity index (χ1v) is 24.0. The number of carbonyl (C=O) groups excluding carboxylic acids is 2. The highest BCUT2D eigenvalue weighted by molar-refractivity contribution is 7.45. The molecule has 1 saturated carbocycles. The number of unbranched alkanes of at least 4 members (excludes halogenated alkanes) is 5. The van der Waals surface area contributed by atoms with Crippen molar-refractivity contribution < 1.29 is 57.4 Å². The summed E-state index contributed by atoms with van der Waals surface area (Å²) in [7, 11) is 0.935. The first-order valence-electron chi connectivity index (χ1n) is 22.6. The van der Waals surface area contributed by atoms with E-state index in [1.807, 2.05) is 33.3 Å². The average Bonchev–Trinajstić information content (AvgIpc) is 3.47. The molecule has 0 heterocycles. The molecule has 0 aromatic carbocycles. The number of ether oxygens (including phenoxy) is 2. The van der Waals surface area contributed by atoms with Crippen molar-refractivity contribution in [2.45, 2.75) is 147 Å². The number of hydrogen-bond acceptors (Lipinski definition) is 11. The second-order valence-electron chi connectivity index (χ2n) is 16.7. The Morgan fingerprint density at radius 1 is 0.754 bits per heavy atom. The predicted octanol–water partition coefficient (Wildman–Crippen LogP) is 8.54. The van der Waals surface area contributed by atoms with Gasteiger partial charge in [-0.05, 0) is 63.7 Å². The number of aliphatic hydroxyl groups is 3. The van der Waals surface area contributed by atoms with E-state index >= 15 is 0 Å². The summed E-state index contributed by atoms with van der Waals surface area (Å²) in [6.45, 7) is 3.60. The first kappa shape index (κ1) is 56.1. The Morgan fingerprint density at radius 2 is 1.34 bits per heavy atom. The largest absolute Gasteiger partial charge is 0.756 e. The van der Waals surface area contributed by atoms with Gasteiger partial charge in [0.25, 0.3) is 7.82 Å². The van der Waals surface area contributed by atoms with Crippen molar-refractivity contribution in [2.24, 2.45) is 11.8 Å². The summed E-state index contributed by atoms with van der Waals surface area (Å²) in [6.07, 6.45) is 37.6. The molecular weight excluding hydrogens is 797 g/mol. The van der Waals surface area contributed by atoms with Gasteiger partial charge in [0, 0.05) is 18.8 Å². The van der Waals surface area contributed by atoms with Gasteiger partial charge in [0.2, 0.25) is 0 Å². The van der Waals surface area contributed by atoms with Crippen LogP contribution in [0.5, 0.6) is 0 Å². The van der Waals surface area contributed by atoms with E-state index in [0.29, 0.717) is 36.7 Å². The molecule has 0 aromatic heterocycles. The first-order chi connectivity index (χ1) is 29.2. The summed E-state index contributed by atoms with van der Waals surface area (Å²) in [5.41, 5.74) is 0. The van der Waals surface area contributed by atoms with Crippen molar-refractivity contribution in [1.29, 1.82) is 0 Å². The molecule has 1 rings (SSSR count). The highest BCUT2D eigenvalue weighted by Gasteiger charge is 2.39. The lowest BCUT2D eigenvalue weighted by atomic mass is 9.89. The SMILES string of the molecule is CCCCC/C=C\C/C=C\C/C=C\C/C=C\C/C=C\CCC(=O)O[C@H](COC(=O)C/C=C\C[C@H]1[C@@H](/C=C/[C@H](O)CCCCC)[C@H](O)C[C@@H]1O)COP(=O)([O-])OCC[N+](C)(C)C. The van der Waals surface area contributed by atoms with Crippen molar-refractivity contribution in [3.8, 4) is 0 Å². The second kappa shape index (κ2) is 34.5. The Kier molecular flexibility index (Phi) is 31.8. The normalized spacial score (nSPS) is 21.0. The molecule has 1 aliphatic rings. The number of quaternary nitrogens is 1. The molecule has 1 aliphatic carbocycles. The summed E-state index contributed by atoms with van der Waals surface area (Å²) < 4.78 is 33.7. The third-order valence-corrected chi connectivity index (χ3v) is 11.0. The van der Waals surface area contributed by atoms with Crippen molar-refractivity contribution in [1.82, 2.24) is 0 Å². The topological polar surface area (TPSA) is 172 Å². The highest BCUT2D eigenvalue weighted by Crippen LogP contribution is 2.38. The van der Waals surface area contributed by atoms with Gasteiger partial charge in [0.1, 0.15) is 19.8 Å².